The van der Waals surface area contributed by atoms with Gasteiger partial charge in [0.25, 0.3) is 5.91 Å². The van der Waals surface area contributed by atoms with Crippen LogP contribution in [0, 0.1) is 0 Å². The number of benzene rings is 1. The zero-order valence-corrected chi connectivity index (χ0v) is 14.1. The molecular weight excluding hydrogens is 296 g/mol. The Morgan fingerprint density at radius 3 is 2.61 bits per heavy atom. The SMILES string of the molecule is CC.CCc1cc(OC)ccc1C(=O)NC1CCC(=O)NC1=O. The smallest absolute Gasteiger partial charge is 0.252 e. The van der Waals surface area contributed by atoms with Crippen LogP contribution in [0.2, 0.25) is 0 Å². The van der Waals surface area contributed by atoms with Gasteiger partial charge in [-0.1, -0.05) is 20.8 Å². The maximum atomic E-state index is 12.3. The number of carbonyl (C=O) groups excluding carboxylic acids is 3. The van der Waals surface area contributed by atoms with Gasteiger partial charge in [-0.2, -0.15) is 0 Å². The number of imide groups is 1. The molecule has 23 heavy (non-hydrogen) atoms. The quantitative estimate of drug-likeness (QED) is 0.829. The summed E-state index contributed by atoms with van der Waals surface area (Å²) in [5.41, 5.74) is 1.36. The first kappa shape index (κ1) is 18.7. The first-order valence-electron chi connectivity index (χ1n) is 7.86. The standard InChI is InChI=1S/C15H18N2O4.C2H6/c1-3-9-8-10(21-2)4-5-11(9)14(19)16-12-6-7-13(18)17-15(12)20;1-2/h4-5,8,12H,3,6-7H2,1-2H3,(H,16,19)(H,17,18,20);1-2H3. The van der Waals surface area contributed by atoms with E-state index in [4.69, 9.17) is 4.74 Å². The fraction of sp³-hybridized carbons (Fsp3) is 0.471. The second-order valence-electron chi connectivity index (χ2n) is 4.85. The van der Waals surface area contributed by atoms with E-state index in [0.717, 1.165) is 5.56 Å². The van der Waals surface area contributed by atoms with E-state index < -0.39 is 11.9 Å². The van der Waals surface area contributed by atoms with Gasteiger partial charge in [0.1, 0.15) is 11.8 Å². The summed E-state index contributed by atoms with van der Waals surface area (Å²) in [6, 6.07) is 4.53. The lowest BCUT2D eigenvalue weighted by atomic mass is 10.0. The molecule has 1 saturated heterocycles. The van der Waals surface area contributed by atoms with Crippen molar-refractivity contribution in [1.82, 2.24) is 10.6 Å². The lowest BCUT2D eigenvalue weighted by Crippen LogP contribution is -2.52. The number of carbonyl (C=O) groups is 3. The predicted octanol–water partition coefficient (Wildman–Crippen LogP) is 1.82. The van der Waals surface area contributed by atoms with Gasteiger partial charge >= 0.3 is 0 Å². The Kier molecular flexibility index (Phi) is 7.25. The molecule has 0 saturated carbocycles. The summed E-state index contributed by atoms with van der Waals surface area (Å²) in [7, 11) is 1.57. The van der Waals surface area contributed by atoms with Crippen LogP contribution in [0.3, 0.4) is 0 Å². The van der Waals surface area contributed by atoms with E-state index in [-0.39, 0.29) is 18.2 Å². The highest BCUT2D eigenvalue weighted by atomic mass is 16.5. The van der Waals surface area contributed by atoms with Gasteiger partial charge in [-0.05, 0) is 36.6 Å². The second-order valence-corrected chi connectivity index (χ2v) is 4.85. The molecule has 6 heteroatoms. The number of amides is 3. The van der Waals surface area contributed by atoms with Gasteiger partial charge in [-0.25, -0.2) is 0 Å². The van der Waals surface area contributed by atoms with Crippen molar-refractivity contribution >= 4 is 17.7 Å². The topological polar surface area (TPSA) is 84.5 Å². The van der Waals surface area contributed by atoms with Crippen LogP contribution >= 0.6 is 0 Å². The van der Waals surface area contributed by atoms with Crippen LogP contribution < -0.4 is 15.4 Å². The van der Waals surface area contributed by atoms with Gasteiger partial charge in [0.05, 0.1) is 7.11 Å². The van der Waals surface area contributed by atoms with E-state index in [1.807, 2.05) is 20.8 Å². The first-order valence-corrected chi connectivity index (χ1v) is 7.86. The van der Waals surface area contributed by atoms with Crippen molar-refractivity contribution < 1.29 is 19.1 Å². The third-order valence-electron chi connectivity index (χ3n) is 3.48. The largest absolute Gasteiger partial charge is 0.497 e. The highest BCUT2D eigenvalue weighted by Crippen LogP contribution is 2.19. The fourth-order valence-electron chi connectivity index (χ4n) is 2.28. The number of ether oxygens (including phenoxy) is 1. The number of aryl methyl sites for hydroxylation is 1. The van der Waals surface area contributed by atoms with Crippen LogP contribution in [0.15, 0.2) is 18.2 Å². The minimum Gasteiger partial charge on any atom is -0.497 e. The number of hydrogen-bond acceptors (Lipinski definition) is 4. The highest BCUT2D eigenvalue weighted by Gasteiger charge is 2.28. The van der Waals surface area contributed by atoms with Crippen molar-refractivity contribution in [2.24, 2.45) is 0 Å². The van der Waals surface area contributed by atoms with E-state index >= 15 is 0 Å². The van der Waals surface area contributed by atoms with Crippen LogP contribution in [-0.4, -0.2) is 30.9 Å². The van der Waals surface area contributed by atoms with Gasteiger partial charge in [0.2, 0.25) is 11.8 Å². The first-order chi connectivity index (χ1) is 11.0. The summed E-state index contributed by atoms with van der Waals surface area (Å²) in [5, 5.41) is 4.89. The zero-order valence-electron chi connectivity index (χ0n) is 14.1. The molecule has 0 aliphatic carbocycles. The fourth-order valence-corrected chi connectivity index (χ4v) is 2.28. The van der Waals surface area contributed by atoms with Crippen LogP contribution in [0.5, 0.6) is 5.75 Å². The number of nitrogens with one attached hydrogen (secondary N) is 2. The minimum absolute atomic E-state index is 0.236. The number of rotatable bonds is 4. The molecular formula is C17H24N2O4. The molecule has 3 amide bonds. The lowest BCUT2D eigenvalue weighted by molar-refractivity contribution is -0.134. The Balaban J connectivity index is 0.00000127. The number of methoxy groups -OCH3 is 1. The Morgan fingerprint density at radius 2 is 2.04 bits per heavy atom. The van der Waals surface area contributed by atoms with Crippen molar-refractivity contribution in [2.75, 3.05) is 7.11 Å². The second kappa shape index (κ2) is 8.92. The van der Waals surface area contributed by atoms with Crippen molar-refractivity contribution in [3.05, 3.63) is 29.3 Å². The van der Waals surface area contributed by atoms with Crippen molar-refractivity contribution in [1.29, 1.82) is 0 Å². The molecule has 0 spiro atoms. The van der Waals surface area contributed by atoms with E-state index in [1.165, 1.54) is 0 Å². The molecule has 1 aliphatic rings. The van der Waals surface area contributed by atoms with Crippen molar-refractivity contribution in [3.8, 4) is 5.75 Å². The third-order valence-corrected chi connectivity index (χ3v) is 3.48. The average molecular weight is 320 g/mol. The molecule has 0 bridgehead atoms. The molecule has 0 radical (unpaired) electrons. The normalized spacial score (nSPS) is 16.8. The molecule has 1 heterocycles. The molecule has 1 aromatic carbocycles. The van der Waals surface area contributed by atoms with Gasteiger partial charge in [-0.3, -0.25) is 19.7 Å². The van der Waals surface area contributed by atoms with Crippen molar-refractivity contribution in [2.45, 2.75) is 46.1 Å². The maximum absolute atomic E-state index is 12.3. The molecule has 1 aliphatic heterocycles. The monoisotopic (exact) mass is 320 g/mol. The van der Waals surface area contributed by atoms with E-state index in [2.05, 4.69) is 10.6 Å². The maximum Gasteiger partial charge on any atom is 0.252 e. The minimum atomic E-state index is -0.665. The Morgan fingerprint density at radius 1 is 1.35 bits per heavy atom. The Labute approximate surface area is 136 Å². The van der Waals surface area contributed by atoms with Crippen LogP contribution in [0.4, 0.5) is 0 Å². The van der Waals surface area contributed by atoms with Gasteiger partial charge < -0.3 is 10.1 Å². The molecule has 1 aromatic rings. The summed E-state index contributed by atoms with van der Waals surface area (Å²) in [6.45, 7) is 5.94. The van der Waals surface area contributed by atoms with Gasteiger partial charge in [0, 0.05) is 12.0 Å². The highest BCUT2D eigenvalue weighted by molar-refractivity contribution is 6.04. The Hall–Kier alpha value is -2.37. The molecule has 0 aromatic heterocycles. The summed E-state index contributed by atoms with van der Waals surface area (Å²) >= 11 is 0. The third kappa shape index (κ3) is 4.81. The van der Waals surface area contributed by atoms with Crippen molar-refractivity contribution in [3.63, 3.8) is 0 Å². The summed E-state index contributed by atoms with van der Waals surface area (Å²) < 4.78 is 5.14. The molecule has 1 fully saturated rings. The van der Waals surface area contributed by atoms with E-state index in [9.17, 15) is 14.4 Å². The van der Waals surface area contributed by atoms with Crippen LogP contribution in [0.25, 0.3) is 0 Å². The van der Waals surface area contributed by atoms with Gasteiger partial charge in [0.15, 0.2) is 0 Å². The molecule has 126 valence electrons. The Bertz CT molecular complexity index is 584. The summed E-state index contributed by atoms with van der Waals surface area (Å²) in [4.78, 5) is 35.0. The zero-order chi connectivity index (χ0) is 17.4. The molecule has 1 atom stereocenters. The average Bonchev–Trinajstić information content (AvgIpc) is 2.58. The summed E-state index contributed by atoms with van der Waals surface area (Å²) in [5.74, 6) is -0.385. The summed E-state index contributed by atoms with van der Waals surface area (Å²) in [6.07, 6.45) is 1.24. The molecule has 2 N–H and O–H groups in total. The van der Waals surface area contributed by atoms with Crippen LogP contribution in [-0.2, 0) is 16.0 Å². The lowest BCUT2D eigenvalue weighted by Gasteiger charge is -2.22. The van der Waals surface area contributed by atoms with Gasteiger partial charge in [-0.15, -0.1) is 0 Å². The molecule has 1 unspecified atom stereocenters. The predicted molar refractivity (Wildman–Crippen MR) is 87.4 cm³/mol. The number of hydrogen-bond donors (Lipinski definition) is 2. The van der Waals surface area contributed by atoms with E-state index in [0.29, 0.717) is 24.2 Å². The van der Waals surface area contributed by atoms with Crippen LogP contribution in [0.1, 0.15) is 49.5 Å². The molecule has 6 nitrogen and oxygen atoms in total. The molecule has 2 rings (SSSR count). The number of piperidine rings is 1. The van der Waals surface area contributed by atoms with E-state index in [1.54, 1.807) is 25.3 Å².